The molecule has 0 spiro atoms. The van der Waals surface area contributed by atoms with Gasteiger partial charge >= 0.3 is 0 Å². The van der Waals surface area contributed by atoms with Gasteiger partial charge in [0.2, 0.25) is 0 Å². The number of methoxy groups -OCH3 is 1. The third-order valence-electron chi connectivity index (χ3n) is 3.50. The lowest BCUT2D eigenvalue weighted by molar-refractivity contribution is 0.414. The second-order valence-corrected chi connectivity index (χ2v) is 5.52. The summed E-state index contributed by atoms with van der Waals surface area (Å²) < 4.78 is 5.28. The Morgan fingerprint density at radius 3 is 2.62 bits per heavy atom. The number of hydrogen-bond donors (Lipinski definition) is 1. The van der Waals surface area contributed by atoms with Crippen LogP contribution in [0.1, 0.15) is 18.1 Å². The first-order valence-electron chi connectivity index (χ1n) is 7.27. The highest BCUT2D eigenvalue weighted by molar-refractivity contribution is 5.54. The molecule has 2 aromatic rings. The molecule has 0 saturated heterocycles. The Kier molecular flexibility index (Phi) is 5.23. The fourth-order valence-electron chi connectivity index (χ4n) is 2.53. The van der Waals surface area contributed by atoms with E-state index in [0.717, 1.165) is 18.7 Å². The van der Waals surface area contributed by atoms with Crippen LogP contribution in [0, 0.1) is 0 Å². The molecule has 1 atom stereocenters. The number of nitrogens with zero attached hydrogens (tertiary/aromatic N) is 1. The zero-order valence-electron chi connectivity index (χ0n) is 13.0. The van der Waals surface area contributed by atoms with Crippen molar-refractivity contribution < 1.29 is 4.74 Å². The fourth-order valence-corrected chi connectivity index (χ4v) is 2.53. The van der Waals surface area contributed by atoms with Crippen molar-refractivity contribution in [1.82, 2.24) is 0 Å². The molecule has 0 saturated carbocycles. The zero-order chi connectivity index (χ0) is 15.2. The molecule has 21 heavy (non-hydrogen) atoms. The number of rotatable bonds is 6. The monoisotopic (exact) mass is 284 g/mol. The molecule has 0 heterocycles. The summed E-state index contributed by atoms with van der Waals surface area (Å²) in [5.41, 5.74) is 9.70. The summed E-state index contributed by atoms with van der Waals surface area (Å²) in [4.78, 5) is 2.26. The first-order valence-corrected chi connectivity index (χ1v) is 7.27. The molecule has 0 amide bonds. The molecule has 1 unspecified atom stereocenters. The first kappa shape index (κ1) is 15.4. The van der Waals surface area contributed by atoms with E-state index in [-0.39, 0.29) is 6.04 Å². The van der Waals surface area contributed by atoms with Gasteiger partial charge in [0.15, 0.2) is 0 Å². The molecule has 3 nitrogen and oxygen atoms in total. The van der Waals surface area contributed by atoms with Gasteiger partial charge in [0, 0.05) is 25.3 Å². The van der Waals surface area contributed by atoms with Gasteiger partial charge in [-0.05, 0) is 42.7 Å². The van der Waals surface area contributed by atoms with Crippen molar-refractivity contribution in [3.63, 3.8) is 0 Å². The second kappa shape index (κ2) is 7.14. The van der Waals surface area contributed by atoms with Gasteiger partial charge in [-0.25, -0.2) is 0 Å². The normalized spacial score (nSPS) is 12.0. The largest absolute Gasteiger partial charge is 0.497 e. The molecule has 3 heteroatoms. The van der Waals surface area contributed by atoms with Crippen LogP contribution >= 0.6 is 0 Å². The predicted octanol–water partition coefficient (Wildman–Crippen LogP) is 3.22. The van der Waals surface area contributed by atoms with Crippen molar-refractivity contribution in [2.45, 2.75) is 25.9 Å². The summed E-state index contributed by atoms with van der Waals surface area (Å²) in [6.45, 7) is 2.88. The maximum Gasteiger partial charge on any atom is 0.119 e. The molecular weight excluding hydrogens is 260 g/mol. The zero-order valence-corrected chi connectivity index (χ0v) is 13.0. The lowest BCUT2D eigenvalue weighted by Gasteiger charge is -2.23. The van der Waals surface area contributed by atoms with Crippen LogP contribution in [0.4, 0.5) is 5.69 Å². The van der Waals surface area contributed by atoms with Gasteiger partial charge < -0.3 is 15.4 Å². The van der Waals surface area contributed by atoms with E-state index < -0.39 is 0 Å². The lowest BCUT2D eigenvalue weighted by Crippen LogP contribution is -2.22. The van der Waals surface area contributed by atoms with Crippen molar-refractivity contribution >= 4 is 5.69 Å². The first-order chi connectivity index (χ1) is 10.1. The van der Waals surface area contributed by atoms with Gasteiger partial charge in [0.25, 0.3) is 0 Å². The third-order valence-corrected chi connectivity index (χ3v) is 3.50. The number of benzene rings is 2. The van der Waals surface area contributed by atoms with E-state index in [9.17, 15) is 0 Å². The minimum Gasteiger partial charge on any atom is -0.497 e. The number of hydrogen-bond acceptors (Lipinski definition) is 3. The Balaban J connectivity index is 2.17. The highest BCUT2D eigenvalue weighted by Gasteiger charge is 2.09. The minimum atomic E-state index is 0.163. The molecule has 0 aromatic heterocycles. The summed E-state index contributed by atoms with van der Waals surface area (Å²) in [5.74, 6) is 0.893. The van der Waals surface area contributed by atoms with E-state index in [1.165, 1.54) is 16.8 Å². The van der Waals surface area contributed by atoms with Crippen LogP contribution in [0.5, 0.6) is 5.75 Å². The van der Waals surface area contributed by atoms with E-state index in [0.29, 0.717) is 0 Å². The molecule has 0 fully saturated rings. The summed E-state index contributed by atoms with van der Waals surface area (Å²) in [5, 5.41) is 0. The number of para-hydroxylation sites is 1. The van der Waals surface area contributed by atoms with Crippen molar-refractivity contribution in [1.29, 1.82) is 0 Å². The molecular formula is C18H24N2O. The molecule has 0 aliphatic rings. The van der Waals surface area contributed by atoms with E-state index in [4.69, 9.17) is 10.5 Å². The molecule has 0 bridgehead atoms. The predicted molar refractivity (Wildman–Crippen MR) is 88.9 cm³/mol. The minimum absolute atomic E-state index is 0.163. The average molecular weight is 284 g/mol. The van der Waals surface area contributed by atoms with Crippen LogP contribution in [0.3, 0.4) is 0 Å². The molecule has 2 N–H and O–H groups in total. The molecule has 2 aromatic carbocycles. The molecule has 112 valence electrons. The van der Waals surface area contributed by atoms with Crippen LogP contribution in [-0.2, 0) is 13.0 Å². The quantitative estimate of drug-likeness (QED) is 0.885. The van der Waals surface area contributed by atoms with Gasteiger partial charge in [-0.1, -0.05) is 30.3 Å². The number of nitrogens with two attached hydrogens (primary N) is 1. The highest BCUT2D eigenvalue weighted by Crippen LogP contribution is 2.23. The smallest absolute Gasteiger partial charge is 0.119 e. The SMILES string of the molecule is COc1cccc(CN(C)c2ccccc2CC(C)N)c1. The van der Waals surface area contributed by atoms with Gasteiger partial charge in [0.05, 0.1) is 7.11 Å². The van der Waals surface area contributed by atoms with Gasteiger partial charge in [-0.3, -0.25) is 0 Å². The van der Waals surface area contributed by atoms with Crippen molar-refractivity contribution in [3.8, 4) is 5.75 Å². The van der Waals surface area contributed by atoms with E-state index in [1.54, 1.807) is 7.11 Å². The summed E-state index contributed by atoms with van der Waals surface area (Å²) in [7, 11) is 3.81. The van der Waals surface area contributed by atoms with Crippen LogP contribution < -0.4 is 15.4 Å². The van der Waals surface area contributed by atoms with Gasteiger partial charge in [-0.15, -0.1) is 0 Å². The maximum absolute atomic E-state index is 5.95. The van der Waals surface area contributed by atoms with Crippen LogP contribution in [-0.4, -0.2) is 20.2 Å². The van der Waals surface area contributed by atoms with Crippen LogP contribution in [0.15, 0.2) is 48.5 Å². The Morgan fingerprint density at radius 1 is 1.14 bits per heavy atom. The standard InChI is InChI=1S/C18H24N2O/c1-14(19)11-16-8-4-5-10-18(16)20(2)13-15-7-6-9-17(12-15)21-3/h4-10,12,14H,11,13,19H2,1-3H3. The third kappa shape index (κ3) is 4.23. The Hall–Kier alpha value is -2.00. The summed E-state index contributed by atoms with van der Waals surface area (Å²) in [6.07, 6.45) is 0.888. The molecule has 0 aliphatic carbocycles. The molecule has 0 radical (unpaired) electrons. The van der Waals surface area contributed by atoms with Crippen molar-refractivity contribution in [3.05, 3.63) is 59.7 Å². The fraction of sp³-hybridized carbons (Fsp3) is 0.333. The Bertz CT molecular complexity index is 581. The molecule has 0 aliphatic heterocycles. The van der Waals surface area contributed by atoms with Gasteiger partial charge in [-0.2, -0.15) is 0 Å². The topological polar surface area (TPSA) is 38.5 Å². The number of anilines is 1. The van der Waals surface area contributed by atoms with Crippen molar-refractivity contribution in [2.75, 3.05) is 19.1 Å². The number of ether oxygens (including phenoxy) is 1. The van der Waals surface area contributed by atoms with E-state index in [2.05, 4.69) is 48.3 Å². The Labute approximate surface area is 127 Å². The van der Waals surface area contributed by atoms with Crippen molar-refractivity contribution in [2.24, 2.45) is 5.73 Å². The summed E-state index contributed by atoms with van der Waals surface area (Å²) in [6, 6.07) is 16.8. The lowest BCUT2D eigenvalue weighted by atomic mass is 10.0. The summed E-state index contributed by atoms with van der Waals surface area (Å²) >= 11 is 0. The Morgan fingerprint density at radius 2 is 1.90 bits per heavy atom. The van der Waals surface area contributed by atoms with Crippen LogP contribution in [0.25, 0.3) is 0 Å². The van der Waals surface area contributed by atoms with E-state index in [1.807, 2.05) is 19.1 Å². The highest BCUT2D eigenvalue weighted by atomic mass is 16.5. The van der Waals surface area contributed by atoms with Gasteiger partial charge in [0.1, 0.15) is 5.75 Å². The second-order valence-electron chi connectivity index (χ2n) is 5.52. The van der Waals surface area contributed by atoms with Crippen LogP contribution in [0.2, 0.25) is 0 Å². The average Bonchev–Trinajstić information content (AvgIpc) is 2.47. The molecule has 2 rings (SSSR count). The van der Waals surface area contributed by atoms with E-state index >= 15 is 0 Å². The maximum atomic E-state index is 5.95.